The summed E-state index contributed by atoms with van der Waals surface area (Å²) in [5, 5.41) is 8.53. The molecule has 4 heteroatoms. The van der Waals surface area contributed by atoms with Gasteiger partial charge in [-0.3, -0.25) is 4.79 Å². The van der Waals surface area contributed by atoms with Crippen LogP contribution in [-0.2, 0) is 11.2 Å². The van der Waals surface area contributed by atoms with E-state index < -0.39 is 17.6 Å². The van der Waals surface area contributed by atoms with Gasteiger partial charge in [0.05, 0.1) is 0 Å². The van der Waals surface area contributed by atoms with Crippen LogP contribution in [0.2, 0.25) is 0 Å². The van der Waals surface area contributed by atoms with Crippen LogP contribution in [0.3, 0.4) is 0 Å². The van der Waals surface area contributed by atoms with Gasteiger partial charge in [-0.1, -0.05) is 13.0 Å². The van der Waals surface area contributed by atoms with Crippen molar-refractivity contribution in [2.24, 2.45) is 5.92 Å². The summed E-state index contributed by atoms with van der Waals surface area (Å²) < 4.78 is 25.4. The van der Waals surface area contributed by atoms with Gasteiger partial charge in [0.25, 0.3) is 0 Å². The second kappa shape index (κ2) is 4.87. The number of rotatable bonds is 4. The van der Waals surface area contributed by atoms with Crippen molar-refractivity contribution in [2.45, 2.75) is 19.8 Å². The molecule has 0 heterocycles. The van der Waals surface area contributed by atoms with Crippen LogP contribution in [0, 0.1) is 17.6 Å². The molecular formula is C11H12F2O2. The lowest BCUT2D eigenvalue weighted by atomic mass is 9.98. The van der Waals surface area contributed by atoms with Crippen LogP contribution < -0.4 is 0 Å². The SMILES string of the molecule is CC(CC(=O)O)Cc1ccc(F)c(F)c1. The quantitative estimate of drug-likeness (QED) is 0.836. The summed E-state index contributed by atoms with van der Waals surface area (Å²) in [5.41, 5.74) is 0.614. The van der Waals surface area contributed by atoms with Crippen molar-refractivity contribution >= 4 is 5.97 Å². The molecule has 0 aliphatic rings. The summed E-state index contributed by atoms with van der Waals surface area (Å²) in [6.45, 7) is 1.76. The van der Waals surface area contributed by atoms with E-state index in [1.165, 1.54) is 6.07 Å². The Morgan fingerprint density at radius 1 is 1.40 bits per heavy atom. The Balaban J connectivity index is 2.64. The van der Waals surface area contributed by atoms with Crippen molar-refractivity contribution in [3.63, 3.8) is 0 Å². The highest BCUT2D eigenvalue weighted by atomic mass is 19.2. The van der Waals surface area contributed by atoms with Gasteiger partial charge in [0.1, 0.15) is 0 Å². The average molecular weight is 214 g/mol. The maximum Gasteiger partial charge on any atom is 0.303 e. The van der Waals surface area contributed by atoms with Gasteiger partial charge in [0, 0.05) is 6.42 Å². The van der Waals surface area contributed by atoms with Gasteiger partial charge in [-0.05, 0) is 30.0 Å². The first-order chi connectivity index (χ1) is 6.99. The van der Waals surface area contributed by atoms with Crippen molar-refractivity contribution in [1.29, 1.82) is 0 Å². The minimum Gasteiger partial charge on any atom is -0.481 e. The van der Waals surface area contributed by atoms with Crippen LogP contribution in [0.4, 0.5) is 8.78 Å². The van der Waals surface area contributed by atoms with Crippen LogP contribution in [0.25, 0.3) is 0 Å². The van der Waals surface area contributed by atoms with Crippen LogP contribution in [0.1, 0.15) is 18.9 Å². The zero-order valence-electron chi connectivity index (χ0n) is 8.34. The monoisotopic (exact) mass is 214 g/mol. The lowest BCUT2D eigenvalue weighted by Gasteiger charge is -2.08. The zero-order valence-corrected chi connectivity index (χ0v) is 8.34. The van der Waals surface area contributed by atoms with Gasteiger partial charge in [-0.25, -0.2) is 8.78 Å². The highest BCUT2D eigenvalue weighted by molar-refractivity contribution is 5.67. The van der Waals surface area contributed by atoms with Crippen LogP contribution >= 0.6 is 0 Å². The molecule has 0 aromatic heterocycles. The molecule has 1 unspecified atom stereocenters. The Morgan fingerprint density at radius 3 is 2.60 bits per heavy atom. The molecule has 1 aromatic rings. The Labute approximate surface area is 86.5 Å². The number of carboxylic acid groups (broad SMARTS) is 1. The van der Waals surface area contributed by atoms with Crippen molar-refractivity contribution in [2.75, 3.05) is 0 Å². The molecule has 0 aliphatic carbocycles. The van der Waals surface area contributed by atoms with Gasteiger partial charge in [0.15, 0.2) is 11.6 Å². The van der Waals surface area contributed by atoms with Gasteiger partial charge >= 0.3 is 5.97 Å². The lowest BCUT2D eigenvalue weighted by Crippen LogP contribution is -2.07. The maximum absolute atomic E-state index is 12.8. The molecule has 0 spiro atoms. The van der Waals surface area contributed by atoms with Crippen LogP contribution in [0.15, 0.2) is 18.2 Å². The van der Waals surface area contributed by atoms with Gasteiger partial charge in [-0.15, -0.1) is 0 Å². The highest BCUT2D eigenvalue weighted by Crippen LogP contribution is 2.14. The summed E-state index contributed by atoms with van der Waals surface area (Å²) in [4.78, 5) is 10.4. The number of hydrogen-bond acceptors (Lipinski definition) is 1. The molecule has 0 saturated heterocycles. The second-order valence-corrected chi connectivity index (χ2v) is 3.66. The molecule has 1 atom stereocenters. The lowest BCUT2D eigenvalue weighted by molar-refractivity contribution is -0.137. The molecule has 0 aliphatic heterocycles. The molecular weight excluding hydrogens is 202 g/mol. The van der Waals surface area contributed by atoms with E-state index in [2.05, 4.69) is 0 Å². The Hall–Kier alpha value is -1.45. The molecule has 1 N–H and O–H groups in total. The van der Waals surface area contributed by atoms with Crippen molar-refractivity contribution in [3.8, 4) is 0 Å². The number of aliphatic carboxylic acids is 1. The molecule has 15 heavy (non-hydrogen) atoms. The molecule has 0 radical (unpaired) electrons. The van der Waals surface area contributed by atoms with E-state index in [1.807, 2.05) is 0 Å². The summed E-state index contributed by atoms with van der Waals surface area (Å²) in [5.74, 6) is -2.75. The fourth-order valence-electron chi connectivity index (χ4n) is 1.44. The van der Waals surface area contributed by atoms with Gasteiger partial charge in [0.2, 0.25) is 0 Å². The number of halogens is 2. The van der Waals surface area contributed by atoms with Crippen LogP contribution in [-0.4, -0.2) is 11.1 Å². The third-order valence-corrected chi connectivity index (χ3v) is 2.09. The summed E-state index contributed by atoms with van der Waals surface area (Å²) in [6, 6.07) is 3.63. The molecule has 0 saturated carbocycles. The van der Waals surface area contributed by atoms with E-state index >= 15 is 0 Å². The van der Waals surface area contributed by atoms with E-state index in [1.54, 1.807) is 6.92 Å². The van der Waals surface area contributed by atoms with E-state index in [0.717, 1.165) is 12.1 Å². The predicted octanol–water partition coefficient (Wildman–Crippen LogP) is 2.62. The predicted molar refractivity (Wildman–Crippen MR) is 51.5 cm³/mol. The third-order valence-electron chi connectivity index (χ3n) is 2.09. The topological polar surface area (TPSA) is 37.3 Å². The molecule has 2 nitrogen and oxygen atoms in total. The second-order valence-electron chi connectivity index (χ2n) is 3.66. The first-order valence-corrected chi connectivity index (χ1v) is 4.64. The number of hydrogen-bond donors (Lipinski definition) is 1. The average Bonchev–Trinajstić information content (AvgIpc) is 2.10. The summed E-state index contributed by atoms with van der Waals surface area (Å²) in [7, 11) is 0. The molecule has 1 aromatic carbocycles. The standard InChI is InChI=1S/C11H12F2O2/c1-7(5-11(14)15)4-8-2-3-9(12)10(13)6-8/h2-3,6-7H,4-5H2,1H3,(H,14,15). The van der Waals surface area contributed by atoms with Crippen LogP contribution in [0.5, 0.6) is 0 Å². The smallest absolute Gasteiger partial charge is 0.303 e. The minimum absolute atomic E-state index is 0.0268. The first kappa shape index (κ1) is 11.6. The Morgan fingerprint density at radius 2 is 2.07 bits per heavy atom. The third kappa shape index (κ3) is 3.65. The van der Waals surface area contributed by atoms with Gasteiger partial charge in [-0.2, -0.15) is 0 Å². The Bertz CT molecular complexity index is 364. The maximum atomic E-state index is 12.8. The summed E-state index contributed by atoms with van der Waals surface area (Å²) in [6.07, 6.45) is 0.461. The van der Waals surface area contributed by atoms with Crippen molar-refractivity contribution in [1.82, 2.24) is 0 Å². The molecule has 0 amide bonds. The minimum atomic E-state index is -0.893. The van der Waals surface area contributed by atoms with E-state index in [0.29, 0.717) is 12.0 Å². The fraction of sp³-hybridized carbons (Fsp3) is 0.364. The zero-order chi connectivity index (χ0) is 11.4. The number of carboxylic acids is 1. The number of benzene rings is 1. The molecule has 0 fully saturated rings. The largest absolute Gasteiger partial charge is 0.481 e. The summed E-state index contributed by atoms with van der Waals surface area (Å²) >= 11 is 0. The van der Waals surface area contributed by atoms with E-state index in [4.69, 9.17) is 5.11 Å². The first-order valence-electron chi connectivity index (χ1n) is 4.64. The Kier molecular flexibility index (Phi) is 3.77. The highest BCUT2D eigenvalue weighted by Gasteiger charge is 2.10. The molecule has 0 bridgehead atoms. The van der Waals surface area contributed by atoms with E-state index in [9.17, 15) is 13.6 Å². The van der Waals surface area contributed by atoms with Gasteiger partial charge < -0.3 is 5.11 Å². The normalized spacial score (nSPS) is 12.5. The van der Waals surface area contributed by atoms with E-state index in [-0.39, 0.29) is 12.3 Å². The molecule has 82 valence electrons. The molecule has 1 rings (SSSR count). The fourth-order valence-corrected chi connectivity index (χ4v) is 1.44. The van der Waals surface area contributed by atoms with Crippen molar-refractivity contribution < 1.29 is 18.7 Å². The van der Waals surface area contributed by atoms with Crippen molar-refractivity contribution in [3.05, 3.63) is 35.4 Å². The number of carbonyl (C=O) groups is 1.